The van der Waals surface area contributed by atoms with Crippen molar-refractivity contribution < 1.29 is 12.8 Å². The standard InChI is InChI=1S/C8H9BrFNO2S/c1-14(12,13)3-2-8-7(10)4-6(9)5-11-8/h4-5H,2-3H2,1H3. The van der Waals surface area contributed by atoms with Crippen molar-refractivity contribution >= 4 is 25.8 Å². The Morgan fingerprint density at radius 1 is 1.57 bits per heavy atom. The van der Waals surface area contributed by atoms with Crippen LogP contribution in [0.5, 0.6) is 0 Å². The molecule has 1 heterocycles. The summed E-state index contributed by atoms with van der Waals surface area (Å²) in [5.41, 5.74) is 0.179. The van der Waals surface area contributed by atoms with Gasteiger partial charge in [0.1, 0.15) is 15.7 Å². The van der Waals surface area contributed by atoms with Gasteiger partial charge in [-0.2, -0.15) is 0 Å². The van der Waals surface area contributed by atoms with Crippen LogP contribution in [0.4, 0.5) is 4.39 Å². The molecular formula is C8H9BrFNO2S. The Kier molecular flexibility index (Phi) is 3.60. The number of halogens is 2. The zero-order chi connectivity index (χ0) is 10.8. The third-order valence-corrected chi connectivity index (χ3v) is 2.97. The van der Waals surface area contributed by atoms with Crippen LogP contribution in [0.3, 0.4) is 0 Å². The van der Waals surface area contributed by atoms with E-state index in [1.807, 2.05) is 0 Å². The highest BCUT2D eigenvalue weighted by Gasteiger charge is 2.08. The van der Waals surface area contributed by atoms with E-state index in [-0.39, 0.29) is 17.9 Å². The van der Waals surface area contributed by atoms with Crippen LogP contribution in [0.2, 0.25) is 0 Å². The fourth-order valence-electron chi connectivity index (χ4n) is 0.909. The summed E-state index contributed by atoms with van der Waals surface area (Å²) in [5, 5.41) is 0. The van der Waals surface area contributed by atoms with Gasteiger partial charge in [0, 0.05) is 23.3 Å². The molecule has 1 aromatic rings. The summed E-state index contributed by atoms with van der Waals surface area (Å²) in [6.45, 7) is 0. The molecule has 0 atom stereocenters. The molecule has 0 aliphatic carbocycles. The van der Waals surface area contributed by atoms with Gasteiger partial charge in [0.2, 0.25) is 0 Å². The normalized spacial score (nSPS) is 11.6. The van der Waals surface area contributed by atoms with E-state index in [2.05, 4.69) is 20.9 Å². The number of sulfone groups is 1. The molecule has 0 radical (unpaired) electrons. The number of pyridine rings is 1. The van der Waals surface area contributed by atoms with Gasteiger partial charge in [0.05, 0.1) is 11.4 Å². The van der Waals surface area contributed by atoms with Gasteiger partial charge in [-0.3, -0.25) is 4.98 Å². The highest BCUT2D eigenvalue weighted by Crippen LogP contribution is 2.13. The highest BCUT2D eigenvalue weighted by molar-refractivity contribution is 9.10. The lowest BCUT2D eigenvalue weighted by molar-refractivity contribution is 0.590. The predicted octanol–water partition coefficient (Wildman–Crippen LogP) is 1.57. The van der Waals surface area contributed by atoms with Crippen molar-refractivity contribution in [2.24, 2.45) is 0 Å². The smallest absolute Gasteiger partial charge is 0.147 e. The molecular weight excluding hydrogens is 273 g/mol. The monoisotopic (exact) mass is 281 g/mol. The molecule has 0 fully saturated rings. The third-order valence-electron chi connectivity index (χ3n) is 1.59. The maximum Gasteiger partial charge on any atom is 0.147 e. The van der Waals surface area contributed by atoms with Gasteiger partial charge in [-0.25, -0.2) is 12.8 Å². The van der Waals surface area contributed by atoms with Gasteiger partial charge in [0.15, 0.2) is 0 Å². The summed E-state index contributed by atoms with van der Waals surface area (Å²) >= 11 is 3.07. The fraction of sp³-hybridized carbons (Fsp3) is 0.375. The van der Waals surface area contributed by atoms with E-state index >= 15 is 0 Å². The third kappa shape index (κ3) is 3.71. The average molecular weight is 282 g/mol. The zero-order valence-corrected chi connectivity index (χ0v) is 9.90. The second-order valence-corrected chi connectivity index (χ2v) is 6.14. The van der Waals surface area contributed by atoms with E-state index in [1.165, 1.54) is 12.3 Å². The Morgan fingerprint density at radius 2 is 2.21 bits per heavy atom. The van der Waals surface area contributed by atoms with Gasteiger partial charge in [-0.1, -0.05) is 0 Å². The van der Waals surface area contributed by atoms with Gasteiger partial charge in [-0.05, 0) is 22.0 Å². The van der Waals surface area contributed by atoms with E-state index in [1.54, 1.807) is 0 Å². The number of hydrogen-bond donors (Lipinski definition) is 0. The first-order valence-electron chi connectivity index (χ1n) is 3.86. The largest absolute Gasteiger partial charge is 0.257 e. The molecule has 0 bridgehead atoms. The summed E-state index contributed by atoms with van der Waals surface area (Å²) in [6, 6.07) is 1.27. The molecule has 0 N–H and O–H groups in total. The van der Waals surface area contributed by atoms with E-state index < -0.39 is 15.7 Å². The van der Waals surface area contributed by atoms with Crippen molar-refractivity contribution in [3.05, 3.63) is 28.2 Å². The summed E-state index contributed by atoms with van der Waals surface area (Å²) in [4.78, 5) is 3.79. The van der Waals surface area contributed by atoms with Crippen LogP contribution >= 0.6 is 15.9 Å². The highest BCUT2D eigenvalue weighted by atomic mass is 79.9. The minimum Gasteiger partial charge on any atom is -0.257 e. The molecule has 3 nitrogen and oxygen atoms in total. The lowest BCUT2D eigenvalue weighted by Gasteiger charge is -2.01. The number of hydrogen-bond acceptors (Lipinski definition) is 3. The predicted molar refractivity (Wildman–Crippen MR) is 55.3 cm³/mol. The molecule has 0 unspecified atom stereocenters. The first-order valence-corrected chi connectivity index (χ1v) is 6.71. The van der Waals surface area contributed by atoms with E-state index in [9.17, 15) is 12.8 Å². The van der Waals surface area contributed by atoms with Crippen LogP contribution in [0.25, 0.3) is 0 Å². The van der Waals surface area contributed by atoms with Crippen molar-refractivity contribution in [2.45, 2.75) is 6.42 Å². The lowest BCUT2D eigenvalue weighted by atomic mass is 10.3. The molecule has 0 saturated heterocycles. The molecule has 0 aliphatic rings. The molecule has 1 rings (SSSR count). The maximum absolute atomic E-state index is 13.1. The van der Waals surface area contributed by atoms with Crippen molar-refractivity contribution in [2.75, 3.05) is 12.0 Å². The molecule has 6 heteroatoms. The number of nitrogens with zero attached hydrogens (tertiary/aromatic N) is 1. The first kappa shape index (κ1) is 11.6. The first-order chi connectivity index (χ1) is 6.38. The minimum absolute atomic E-state index is 0.0848. The molecule has 0 amide bonds. The molecule has 14 heavy (non-hydrogen) atoms. The van der Waals surface area contributed by atoms with Gasteiger partial charge in [0.25, 0.3) is 0 Å². The number of aromatic nitrogens is 1. The summed E-state index contributed by atoms with van der Waals surface area (Å²) < 4.78 is 35.3. The number of rotatable bonds is 3. The van der Waals surface area contributed by atoms with Crippen LogP contribution in [-0.2, 0) is 16.3 Å². The molecule has 0 saturated carbocycles. The molecule has 0 aromatic carbocycles. The summed E-state index contributed by atoms with van der Waals surface area (Å²) in [5.74, 6) is -0.568. The molecule has 0 spiro atoms. The topological polar surface area (TPSA) is 47.0 Å². The average Bonchev–Trinajstić information content (AvgIpc) is 2.00. The van der Waals surface area contributed by atoms with E-state index in [0.717, 1.165) is 6.26 Å². The summed E-state index contributed by atoms with van der Waals surface area (Å²) in [7, 11) is -3.07. The van der Waals surface area contributed by atoms with Gasteiger partial charge < -0.3 is 0 Å². The Labute approximate surface area is 90.4 Å². The van der Waals surface area contributed by atoms with E-state index in [0.29, 0.717) is 4.47 Å². The van der Waals surface area contributed by atoms with Crippen LogP contribution in [0, 0.1) is 5.82 Å². The van der Waals surface area contributed by atoms with Crippen LogP contribution in [-0.4, -0.2) is 25.4 Å². The lowest BCUT2D eigenvalue weighted by Crippen LogP contribution is -2.08. The van der Waals surface area contributed by atoms with Crippen molar-refractivity contribution in [1.29, 1.82) is 0 Å². The maximum atomic E-state index is 13.1. The Bertz CT molecular complexity index is 433. The molecule has 0 aliphatic heterocycles. The van der Waals surface area contributed by atoms with Crippen LogP contribution in [0.15, 0.2) is 16.7 Å². The summed E-state index contributed by atoms with van der Waals surface area (Å²) in [6.07, 6.45) is 2.67. The Hall–Kier alpha value is -0.490. The van der Waals surface area contributed by atoms with Crippen molar-refractivity contribution in [3.8, 4) is 0 Å². The van der Waals surface area contributed by atoms with Gasteiger partial charge in [-0.15, -0.1) is 0 Å². The van der Waals surface area contributed by atoms with Gasteiger partial charge >= 0.3 is 0 Å². The molecule has 1 aromatic heterocycles. The van der Waals surface area contributed by atoms with Crippen LogP contribution in [0.1, 0.15) is 5.69 Å². The Balaban J connectivity index is 2.78. The van der Waals surface area contributed by atoms with Crippen LogP contribution < -0.4 is 0 Å². The second kappa shape index (κ2) is 4.35. The van der Waals surface area contributed by atoms with Crippen molar-refractivity contribution in [1.82, 2.24) is 4.98 Å². The zero-order valence-electron chi connectivity index (χ0n) is 7.50. The van der Waals surface area contributed by atoms with Crippen molar-refractivity contribution in [3.63, 3.8) is 0 Å². The fourth-order valence-corrected chi connectivity index (χ4v) is 1.78. The SMILES string of the molecule is CS(=O)(=O)CCc1ncc(Br)cc1F. The quantitative estimate of drug-likeness (QED) is 0.845. The number of aryl methyl sites for hydroxylation is 1. The molecule has 78 valence electrons. The Morgan fingerprint density at radius 3 is 2.71 bits per heavy atom. The minimum atomic E-state index is -3.07. The van der Waals surface area contributed by atoms with E-state index in [4.69, 9.17) is 0 Å². The second-order valence-electron chi connectivity index (χ2n) is 2.96.